The van der Waals surface area contributed by atoms with Crippen LogP contribution in [-0.2, 0) is 0 Å². The minimum atomic E-state index is -1.73. The molecule has 0 aromatic heterocycles. The molecule has 1 aromatic carbocycles. The van der Waals surface area contributed by atoms with E-state index in [9.17, 15) is 18.0 Å². The van der Waals surface area contributed by atoms with E-state index in [-0.39, 0.29) is 11.5 Å². The summed E-state index contributed by atoms with van der Waals surface area (Å²) in [6, 6.07) is -0.131. The van der Waals surface area contributed by atoms with Crippen LogP contribution < -0.4 is 5.73 Å². The number of likely N-dealkylation sites (tertiary alicyclic amines) is 1. The number of thiocarbonyl (C=S) groups is 1. The smallest absolute Gasteiger partial charge is 0.257 e. The lowest BCUT2D eigenvalue weighted by atomic mass is 10.1. The Balaban J connectivity index is 2.42. The van der Waals surface area contributed by atoms with Gasteiger partial charge in [-0.2, -0.15) is 4.39 Å². The van der Waals surface area contributed by atoms with Crippen LogP contribution in [0.4, 0.5) is 13.2 Å². The van der Waals surface area contributed by atoms with E-state index >= 15 is 0 Å². The highest BCUT2D eigenvalue weighted by Crippen LogP contribution is 2.28. The summed E-state index contributed by atoms with van der Waals surface area (Å²) in [5.41, 5.74) is 4.74. The Kier molecular flexibility index (Phi) is 3.85. The van der Waals surface area contributed by atoms with E-state index in [0.717, 1.165) is 0 Å². The zero-order valence-corrected chi connectivity index (χ0v) is 11.0. The first-order valence-electron chi connectivity index (χ1n) is 5.81. The summed E-state index contributed by atoms with van der Waals surface area (Å²) < 4.78 is 39.9. The van der Waals surface area contributed by atoms with E-state index in [2.05, 4.69) is 0 Å². The van der Waals surface area contributed by atoms with Gasteiger partial charge in [0, 0.05) is 6.54 Å². The van der Waals surface area contributed by atoms with Crippen molar-refractivity contribution in [2.24, 2.45) is 5.73 Å². The third-order valence-electron chi connectivity index (χ3n) is 3.21. The van der Waals surface area contributed by atoms with E-state index in [4.69, 9.17) is 23.1 Å². The van der Waals surface area contributed by atoms with Crippen LogP contribution in [0.2, 0.25) is 0 Å². The average Bonchev–Trinajstić information content (AvgIpc) is 2.89. The minimum Gasteiger partial charge on any atom is -0.503 e. The molecule has 1 unspecified atom stereocenters. The zero-order chi connectivity index (χ0) is 15.0. The Morgan fingerprint density at radius 2 is 2.05 bits per heavy atom. The van der Waals surface area contributed by atoms with Crippen LogP contribution in [0.1, 0.15) is 23.2 Å². The van der Waals surface area contributed by atoms with Gasteiger partial charge >= 0.3 is 0 Å². The topological polar surface area (TPSA) is 66.6 Å². The van der Waals surface area contributed by atoms with Crippen LogP contribution in [0, 0.1) is 17.5 Å². The number of benzene rings is 1. The second-order valence-corrected chi connectivity index (χ2v) is 4.91. The van der Waals surface area contributed by atoms with Crippen molar-refractivity contribution in [2.45, 2.75) is 18.9 Å². The lowest BCUT2D eigenvalue weighted by Gasteiger charge is -2.24. The predicted octanol–water partition coefficient (Wildman–Crippen LogP) is 1.70. The quantitative estimate of drug-likeness (QED) is 0.645. The highest BCUT2D eigenvalue weighted by Gasteiger charge is 2.34. The van der Waals surface area contributed by atoms with Crippen molar-refractivity contribution in [1.29, 1.82) is 0 Å². The van der Waals surface area contributed by atoms with Crippen molar-refractivity contribution in [3.8, 4) is 5.75 Å². The van der Waals surface area contributed by atoms with Crippen LogP contribution in [-0.4, -0.2) is 33.5 Å². The molecule has 1 atom stereocenters. The van der Waals surface area contributed by atoms with E-state index in [1.807, 2.05) is 0 Å². The number of hydrogen-bond donors (Lipinski definition) is 2. The lowest BCUT2D eigenvalue weighted by Crippen LogP contribution is -2.43. The molecule has 1 aliphatic heterocycles. The summed E-state index contributed by atoms with van der Waals surface area (Å²) in [5.74, 6) is -7.13. The number of phenolic OH excluding ortho intramolecular Hbond substituents is 1. The van der Waals surface area contributed by atoms with Gasteiger partial charge in [0.1, 0.15) is 0 Å². The molecule has 2 rings (SSSR count). The molecule has 0 bridgehead atoms. The zero-order valence-electron chi connectivity index (χ0n) is 10.2. The van der Waals surface area contributed by atoms with Crippen molar-refractivity contribution in [3.63, 3.8) is 0 Å². The minimum absolute atomic E-state index is 0.0723. The maximum absolute atomic E-state index is 13.7. The van der Waals surface area contributed by atoms with Crippen LogP contribution >= 0.6 is 12.2 Å². The summed E-state index contributed by atoms with van der Waals surface area (Å²) >= 11 is 4.81. The number of carbonyl (C=O) groups excluding carboxylic acids is 1. The largest absolute Gasteiger partial charge is 0.503 e. The molecule has 0 saturated carbocycles. The van der Waals surface area contributed by atoms with Gasteiger partial charge in [-0.3, -0.25) is 4.79 Å². The van der Waals surface area contributed by atoms with Crippen molar-refractivity contribution >= 4 is 23.1 Å². The van der Waals surface area contributed by atoms with E-state index in [0.29, 0.717) is 18.9 Å². The normalized spacial score (nSPS) is 18.4. The number of phenols is 1. The number of rotatable bonds is 2. The number of amides is 1. The van der Waals surface area contributed by atoms with E-state index in [1.54, 1.807) is 0 Å². The van der Waals surface area contributed by atoms with Crippen molar-refractivity contribution < 1.29 is 23.1 Å². The SMILES string of the molecule is NC(=S)C1CCCN1C(=O)c1cc(F)c(F)c(O)c1F. The third-order valence-corrected chi connectivity index (χ3v) is 3.48. The standard InChI is InChI=1S/C12H11F3N2O2S/c13-6-4-5(8(14)10(18)9(6)15)12(19)17-3-1-2-7(17)11(16)20/h4,7,18H,1-3H2,(H2,16,20). The van der Waals surface area contributed by atoms with Gasteiger partial charge in [-0.05, 0) is 18.9 Å². The van der Waals surface area contributed by atoms with Crippen LogP contribution in [0.15, 0.2) is 6.07 Å². The Morgan fingerprint density at radius 1 is 1.40 bits per heavy atom. The molecule has 1 aliphatic rings. The van der Waals surface area contributed by atoms with Gasteiger partial charge in [0.15, 0.2) is 17.4 Å². The number of nitrogens with two attached hydrogens (primary N) is 1. The Bertz CT molecular complexity index is 595. The number of aromatic hydroxyl groups is 1. The van der Waals surface area contributed by atoms with Gasteiger partial charge in [-0.25, -0.2) is 8.78 Å². The molecular formula is C12H11F3N2O2S. The van der Waals surface area contributed by atoms with Crippen molar-refractivity contribution in [3.05, 3.63) is 29.1 Å². The third kappa shape index (κ3) is 2.31. The van der Waals surface area contributed by atoms with Gasteiger partial charge in [0.25, 0.3) is 5.91 Å². The molecule has 1 amide bonds. The Labute approximate surface area is 118 Å². The van der Waals surface area contributed by atoms with E-state index in [1.165, 1.54) is 4.90 Å². The van der Waals surface area contributed by atoms with Gasteiger partial charge < -0.3 is 15.7 Å². The van der Waals surface area contributed by atoms with Gasteiger partial charge in [0.05, 0.1) is 16.6 Å². The average molecular weight is 304 g/mol. The highest BCUT2D eigenvalue weighted by atomic mass is 32.1. The molecule has 108 valence electrons. The highest BCUT2D eigenvalue weighted by molar-refractivity contribution is 7.80. The molecule has 0 radical (unpaired) electrons. The summed E-state index contributed by atoms with van der Waals surface area (Å²) in [5, 5.41) is 9.12. The Morgan fingerprint density at radius 3 is 2.65 bits per heavy atom. The van der Waals surface area contributed by atoms with Gasteiger partial charge in [-0.15, -0.1) is 0 Å². The first-order valence-corrected chi connectivity index (χ1v) is 6.22. The molecule has 1 fully saturated rings. The molecule has 1 aromatic rings. The van der Waals surface area contributed by atoms with Crippen LogP contribution in [0.25, 0.3) is 0 Å². The van der Waals surface area contributed by atoms with Gasteiger partial charge in [-0.1, -0.05) is 12.2 Å². The molecule has 20 heavy (non-hydrogen) atoms. The summed E-state index contributed by atoms with van der Waals surface area (Å²) in [6.07, 6.45) is 1.14. The van der Waals surface area contributed by atoms with Gasteiger partial charge in [0.2, 0.25) is 5.82 Å². The molecular weight excluding hydrogens is 293 g/mol. The second kappa shape index (κ2) is 5.28. The lowest BCUT2D eigenvalue weighted by molar-refractivity contribution is 0.0764. The number of nitrogens with zero attached hydrogens (tertiary/aromatic N) is 1. The molecule has 1 saturated heterocycles. The number of carbonyl (C=O) groups is 1. The fourth-order valence-corrected chi connectivity index (χ4v) is 2.45. The molecule has 4 nitrogen and oxygen atoms in total. The fraction of sp³-hybridized carbons (Fsp3) is 0.333. The predicted molar refractivity (Wildman–Crippen MR) is 68.8 cm³/mol. The van der Waals surface area contributed by atoms with Crippen molar-refractivity contribution in [2.75, 3.05) is 6.54 Å². The van der Waals surface area contributed by atoms with E-state index < -0.39 is 40.7 Å². The molecule has 3 N–H and O–H groups in total. The summed E-state index contributed by atoms with van der Waals surface area (Å²) in [7, 11) is 0. The summed E-state index contributed by atoms with van der Waals surface area (Å²) in [4.78, 5) is 13.4. The maximum Gasteiger partial charge on any atom is 0.257 e. The Hall–Kier alpha value is -1.83. The molecule has 8 heteroatoms. The molecule has 0 aliphatic carbocycles. The molecule has 0 spiro atoms. The summed E-state index contributed by atoms with van der Waals surface area (Å²) in [6.45, 7) is 0.278. The van der Waals surface area contributed by atoms with Crippen LogP contribution in [0.5, 0.6) is 5.75 Å². The molecule has 1 heterocycles. The number of hydrogen-bond acceptors (Lipinski definition) is 3. The fourth-order valence-electron chi connectivity index (χ4n) is 2.21. The first kappa shape index (κ1) is 14.6. The monoisotopic (exact) mass is 304 g/mol. The van der Waals surface area contributed by atoms with Crippen molar-refractivity contribution in [1.82, 2.24) is 4.90 Å². The second-order valence-electron chi connectivity index (χ2n) is 4.44. The first-order chi connectivity index (χ1) is 9.34. The van der Waals surface area contributed by atoms with Crippen LogP contribution in [0.3, 0.4) is 0 Å². The maximum atomic E-state index is 13.7. The number of halogens is 3.